The summed E-state index contributed by atoms with van der Waals surface area (Å²) < 4.78 is 5.44. The third kappa shape index (κ3) is 4.28. The van der Waals surface area contributed by atoms with Crippen molar-refractivity contribution in [3.8, 4) is 22.4 Å². The first-order valence-corrected chi connectivity index (χ1v) is 11.3. The van der Waals surface area contributed by atoms with Crippen LogP contribution in [0.2, 0.25) is 0 Å². The number of amides is 1. The summed E-state index contributed by atoms with van der Waals surface area (Å²) in [5.74, 6) is -0.451. The Morgan fingerprint density at radius 1 is 0.970 bits per heavy atom. The van der Waals surface area contributed by atoms with E-state index in [1.165, 1.54) is 5.56 Å². The Kier molecular flexibility index (Phi) is 5.96. The smallest absolute Gasteiger partial charge is 0.250 e. The second kappa shape index (κ2) is 9.19. The van der Waals surface area contributed by atoms with Gasteiger partial charge in [-0.15, -0.1) is 0 Å². The van der Waals surface area contributed by atoms with Crippen LogP contribution in [0.3, 0.4) is 0 Å². The molecule has 33 heavy (non-hydrogen) atoms. The number of H-pyrrole nitrogens is 1. The molecule has 0 radical (unpaired) electrons. The average Bonchev–Trinajstić information content (AvgIpc) is 3.30. The van der Waals surface area contributed by atoms with Crippen LogP contribution in [0.25, 0.3) is 33.3 Å². The Balaban J connectivity index is 1.54. The molecule has 3 aromatic carbocycles. The molecule has 0 atom stereocenters. The number of morpholine rings is 1. The van der Waals surface area contributed by atoms with Gasteiger partial charge < -0.3 is 21.2 Å². The molecule has 168 valence electrons. The van der Waals surface area contributed by atoms with Crippen LogP contribution in [-0.2, 0) is 17.8 Å². The van der Waals surface area contributed by atoms with Crippen LogP contribution < -0.4 is 11.5 Å². The van der Waals surface area contributed by atoms with Crippen molar-refractivity contribution in [3.63, 3.8) is 0 Å². The molecule has 6 nitrogen and oxygen atoms in total. The Morgan fingerprint density at radius 2 is 1.73 bits per heavy atom. The van der Waals surface area contributed by atoms with E-state index in [0.717, 1.165) is 71.7 Å². The molecule has 5 N–H and O–H groups in total. The minimum absolute atomic E-state index is 0.442. The van der Waals surface area contributed by atoms with E-state index >= 15 is 0 Å². The van der Waals surface area contributed by atoms with Crippen molar-refractivity contribution >= 4 is 16.8 Å². The number of nitrogens with two attached hydrogens (primary N) is 2. The predicted octanol–water partition coefficient (Wildman–Crippen LogP) is 3.89. The van der Waals surface area contributed by atoms with Gasteiger partial charge in [-0.25, -0.2) is 0 Å². The second-order valence-corrected chi connectivity index (χ2v) is 8.44. The molecule has 0 saturated carbocycles. The summed E-state index contributed by atoms with van der Waals surface area (Å²) in [6.45, 7) is 4.88. The summed E-state index contributed by atoms with van der Waals surface area (Å²) in [6, 6.07) is 22.5. The number of hydrogen-bond donors (Lipinski definition) is 3. The maximum atomic E-state index is 12.1. The molecule has 1 amide bonds. The highest BCUT2D eigenvalue weighted by Crippen LogP contribution is 2.35. The van der Waals surface area contributed by atoms with E-state index in [9.17, 15) is 4.79 Å². The van der Waals surface area contributed by atoms with Gasteiger partial charge >= 0.3 is 0 Å². The number of nitrogens with one attached hydrogen (secondary N) is 1. The quantitative estimate of drug-likeness (QED) is 0.424. The highest BCUT2D eigenvalue weighted by molar-refractivity contribution is 6.10. The number of carbonyl (C=O) groups is 1. The van der Waals surface area contributed by atoms with Crippen molar-refractivity contribution in [2.24, 2.45) is 11.5 Å². The fourth-order valence-electron chi connectivity index (χ4n) is 4.58. The van der Waals surface area contributed by atoms with E-state index in [1.54, 1.807) is 6.07 Å². The lowest BCUT2D eigenvalue weighted by Gasteiger charge is -2.26. The number of primary amides is 1. The molecule has 1 aliphatic heterocycles. The third-order valence-corrected chi connectivity index (χ3v) is 6.36. The molecule has 6 heteroatoms. The van der Waals surface area contributed by atoms with Crippen molar-refractivity contribution in [1.82, 2.24) is 9.88 Å². The average molecular weight is 441 g/mol. The molecule has 5 rings (SSSR count). The second-order valence-electron chi connectivity index (χ2n) is 8.44. The third-order valence-electron chi connectivity index (χ3n) is 6.36. The van der Waals surface area contributed by atoms with Crippen LogP contribution in [-0.4, -0.2) is 42.1 Å². The van der Waals surface area contributed by atoms with Crippen molar-refractivity contribution in [3.05, 3.63) is 83.4 Å². The Morgan fingerprint density at radius 3 is 2.45 bits per heavy atom. The van der Waals surface area contributed by atoms with Crippen LogP contribution in [0, 0.1) is 0 Å². The molecule has 0 spiro atoms. The monoisotopic (exact) mass is 440 g/mol. The van der Waals surface area contributed by atoms with Gasteiger partial charge in [-0.2, -0.15) is 0 Å². The van der Waals surface area contributed by atoms with Gasteiger partial charge in [-0.05, 0) is 39.9 Å². The lowest BCUT2D eigenvalue weighted by molar-refractivity contribution is 0.0342. The van der Waals surface area contributed by atoms with Crippen molar-refractivity contribution in [2.75, 3.05) is 26.3 Å². The fraction of sp³-hybridized carbons (Fsp3) is 0.222. The summed E-state index contributed by atoms with van der Waals surface area (Å²) in [5, 5.41) is 0.958. The molecule has 1 fully saturated rings. The van der Waals surface area contributed by atoms with Gasteiger partial charge in [0.15, 0.2) is 0 Å². The normalized spacial score (nSPS) is 14.6. The Bertz CT molecular complexity index is 1290. The van der Waals surface area contributed by atoms with Crippen LogP contribution in [0.1, 0.15) is 21.5 Å². The van der Waals surface area contributed by atoms with E-state index in [4.69, 9.17) is 16.2 Å². The van der Waals surface area contributed by atoms with Crippen LogP contribution in [0.15, 0.2) is 66.7 Å². The molecule has 0 unspecified atom stereocenters. The van der Waals surface area contributed by atoms with Crippen LogP contribution in [0.4, 0.5) is 0 Å². The summed E-state index contributed by atoms with van der Waals surface area (Å²) >= 11 is 0. The lowest BCUT2D eigenvalue weighted by atomic mass is 9.95. The summed E-state index contributed by atoms with van der Waals surface area (Å²) in [5.41, 5.74) is 19.3. The van der Waals surface area contributed by atoms with Gasteiger partial charge in [0, 0.05) is 37.3 Å². The van der Waals surface area contributed by atoms with Crippen LogP contribution in [0.5, 0.6) is 0 Å². The van der Waals surface area contributed by atoms with Gasteiger partial charge in [0.2, 0.25) is 0 Å². The first kappa shape index (κ1) is 21.4. The number of fused-ring (bicyclic) bond motifs is 1. The number of aromatic nitrogens is 1. The summed E-state index contributed by atoms with van der Waals surface area (Å²) in [6.07, 6.45) is 0. The zero-order chi connectivity index (χ0) is 22.8. The van der Waals surface area contributed by atoms with E-state index in [2.05, 4.69) is 46.3 Å². The molecule has 0 aliphatic carbocycles. The minimum Gasteiger partial charge on any atom is -0.379 e. The lowest BCUT2D eigenvalue weighted by Crippen LogP contribution is -2.35. The predicted molar refractivity (Wildman–Crippen MR) is 132 cm³/mol. The molecule has 1 aliphatic rings. The van der Waals surface area contributed by atoms with Crippen molar-refractivity contribution < 1.29 is 9.53 Å². The van der Waals surface area contributed by atoms with Gasteiger partial charge in [-0.1, -0.05) is 54.6 Å². The summed E-state index contributed by atoms with van der Waals surface area (Å²) in [7, 11) is 0. The number of hydrogen-bond acceptors (Lipinski definition) is 4. The topological polar surface area (TPSA) is 97.4 Å². The molecule has 1 aromatic heterocycles. The van der Waals surface area contributed by atoms with Crippen molar-refractivity contribution in [2.45, 2.75) is 13.1 Å². The number of carbonyl (C=O) groups excluding carboxylic acids is 1. The SMILES string of the molecule is NCc1ccccc1-c1ccc(C(N)=O)c2[nH]c(-c3ccc(CN4CCOCC4)cc3)cc12. The number of ether oxygens (including phenoxy) is 1. The first-order chi connectivity index (χ1) is 16.1. The minimum atomic E-state index is -0.451. The maximum Gasteiger partial charge on any atom is 0.250 e. The van der Waals surface area contributed by atoms with E-state index in [-0.39, 0.29) is 0 Å². The Hall–Kier alpha value is -3.45. The molecule has 0 bridgehead atoms. The molecular weight excluding hydrogens is 412 g/mol. The van der Waals surface area contributed by atoms with Gasteiger partial charge in [0.1, 0.15) is 0 Å². The highest BCUT2D eigenvalue weighted by Gasteiger charge is 2.17. The largest absolute Gasteiger partial charge is 0.379 e. The first-order valence-electron chi connectivity index (χ1n) is 11.3. The number of nitrogens with zero attached hydrogens (tertiary/aromatic N) is 1. The molecule has 4 aromatic rings. The van der Waals surface area contributed by atoms with Gasteiger partial charge in [-0.3, -0.25) is 9.69 Å². The highest BCUT2D eigenvalue weighted by atomic mass is 16.5. The maximum absolute atomic E-state index is 12.1. The van der Waals surface area contributed by atoms with E-state index in [0.29, 0.717) is 12.1 Å². The zero-order valence-electron chi connectivity index (χ0n) is 18.5. The molecule has 1 saturated heterocycles. The molecular formula is C27H28N4O2. The van der Waals surface area contributed by atoms with Crippen molar-refractivity contribution in [1.29, 1.82) is 0 Å². The number of rotatable bonds is 6. The van der Waals surface area contributed by atoms with Gasteiger partial charge in [0.05, 0.1) is 24.3 Å². The summed E-state index contributed by atoms with van der Waals surface area (Å²) in [4.78, 5) is 18.0. The van der Waals surface area contributed by atoms with Crippen LogP contribution >= 0.6 is 0 Å². The Labute approximate surface area is 193 Å². The van der Waals surface area contributed by atoms with E-state index in [1.807, 2.05) is 24.3 Å². The van der Waals surface area contributed by atoms with Gasteiger partial charge in [0.25, 0.3) is 5.91 Å². The molecule has 2 heterocycles. The standard InChI is InChI=1S/C27H28N4O2/c28-16-20-3-1-2-4-21(20)22-9-10-23(27(29)32)26-24(22)15-25(30-26)19-7-5-18(6-8-19)17-31-11-13-33-14-12-31/h1-10,15,30H,11-14,16-17,28H2,(H2,29,32). The zero-order valence-corrected chi connectivity index (χ0v) is 18.5. The number of aromatic amines is 1. The van der Waals surface area contributed by atoms with E-state index < -0.39 is 5.91 Å². The number of benzene rings is 3. The fourth-order valence-corrected chi connectivity index (χ4v) is 4.58.